The third-order valence-corrected chi connectivity index (χ3v) is 3.74. The number of aromatic nitrogens is 2. The molecule has 0 aliphatic carbocycles. The van der Waals surface area contributed by atoms with Crippen LogP contribution in [-0.4, -0.2) is 15.8 Å². The summed E-state index contributed by atoms with van der Waals surface area (Å²) in [5.74, 6) is 0.724. The standard InChI is InChI=1S/C18H17N3O3/c1-13-9-17(20-10-15-6-4-8-24-15)16(12-22)18(23)21(13)11-14-5-2-3-7-19-14/h2-9,12,20H,10-11H2,1H3. The molecule has 0 aliphatic heterocycles. The first kappa shape index (κ1) is 15.7. The van der Waals surface area contributed by atoms with Crippen LogP contribution in [-0.2, 0) is 13.1 Å². The van der Waals surface area contributed by atoms with Crippen molar-refractivity contribution in [3.05, 3.63) is 81.9 Å². The van der Waals surface area contributed by atoms with E-state index in [9.17, 15) is 9.59 Å². The molecule has 6 heteroatoms. The van der Waals surface area contributed by atoms with Gasteiger partial charge in [0.1, 0.15) is 11.3 Å². The third-order valence-electron chi connectivity index (χ3n) is 3.74. The van der Waals surface area contributed by atoms with E-state index in [0.717, 1.165) is 17.1 Å². The Balaban J connectivity index is 1.92. The lowest BCUT2D eigenvalue weighted by molar-refractivity contribution is 0.112. The van der Waals surface area contributed by atoms with E-state index in [0.29, 0.717) is 25.1 Å². The minimum Gasteiger partial charge on any atom is -0.467 e. The third kappa shape index (κ3) is 3.27. The smallest absolute Gasteiger partial charge is 0.263 e. The molecule has 1 N–H and O–H groups in total. The SMILES string of the molecule is Cc1cc(NCc2ccco2)c(C=O)c(=O)n1Cc1ccccn1. The highest BCUT2D eigenvalue weighted by Gasteiger charge is 2.13. The predicted octanol–water partition coefficient (Wildman–Crippen LogP) is 2.62. The molecule has 0 aliphatic rings. The number of nitrogens with one attached hydrogen (secondary N) is 1. The highest BCUT2D eigenvalue weighted by molar-refractivity contribution is 5.83. The zero-order valence-corrected chi connectivity index (χ0v) is 13.2. The number of aldehydes is 1. The second-order valence-corrected chi connectivity index (χ2v) is 5.38. The van der Waals surface area contributed by atoms with Crippen molar-refractivity contribution in [3.63, 3.8) is 0 Å². The Morgan fingerprint density at radius 3 is 2.83 bits per heavy atom. The fourth-order valence-corrected chi connectivity index (χ4v) is 2.49. The van der Waals surface area contributed by atoms with Crippen LogP contribution < -0.4 is 10.9 Å². The number of pyridine rings is 2. The van der Waals surface area contributed by atoms with Gasteiger partial charge >= 0.3 is 0 Å². The van der Waals surface area contributed by atoms with Gasteiger partial charge in [-0.3, -0.25) is 14.6 Å². The van der Waals surface area contributed by atoms with Gasteiger partial charge in [0.25, 0.3) is 5.56 Å². The number of aryl methyl sites for hydroxylation is 1. The van der Waals surface area contributed by atoms with Crippen LogP contribution in [0.2, 0.25) is 0 Å². The minimum absolute atomic E-state index is 0.100. The number of furan rings is 1. The molecule has 122 valence electrons. The molecule has 0 amide bonds. The van der Waals surface area contributed by atoms with E-state index in [1.807, 2.05) is 31.2 Å². The number of carbonyl (C=O) groups excluding carboxylic acids is 1. The molecular weight excluding hydrogens is 306 g/mol. The van der Waals surface area contributed by atoms with E-state index in [1.54, 1.807) is 29.2 Å². The van der Waals surface area contributed by atoms with Gasteiger partial charge in [-0.05, 0) is 37.3 Å². The Morgan fingerprint density at radius 1 is 1.29 bits per heavy atom. The summed E-state index contributed by atoms with van der Waals surface area (Å²) in [4.78, 5) is 28.3. The number of hydrogen-bond donors (Lipinski definition) is 1. The van der Waals surface area contributed by atoms with E-state index in [4.69, 9.17) is 4.42 Å². The molecule has 0 unspecified atom stereocenters. The maximum atomic E-state index is 12.6. The van der Waals surface area contributed by atoms with Gasteiger partial charge in [0.15, 0.2) is 6.29 Å². The van der Waals surface area contributed by atoms with Crippen molar-refractivity contribution in [2.45, 2.75) is 20.0 Å². The number of hydrogen-bond acceptors (Lipinski definition) is 5. The lowest BCUT2D eigenvalue weighted by Crippen LogP contribution is -2.27. The van der Waals surface area contributed by atoms with Crippen molar-refractivity contribution >= 4 is 12.0 Å². The normalized spacial score (nSPS) is 10.5. The molecule has 24 heavy (non-hydrogen) atoms. The zero-order valence-electron chi connectivity index (χ0n) is 13.2. The van der Waals surface area contributed by atoms with Crippen molar-refractivity contribution in [1.82, 2.24) is 9.55 Å². The lowest BCUT2D eigenvalue weighted by atomic mass is 10.2. The van der Waals surface area contributed by atoms with Gasteiger partial charge in [0.2, 0.25) is 0 Å². The highest BCUT2D eigenvalue weighted by atomic mass is 16.3. The van der Waals surface area contributed by atoms with Gasteiger partial charge in [0, 0.05) is 11.9 Å². The summed E-state index contributed by atoms with van der Waals surface area (Å²) in [7, 11) is 0. The topological polar surface area (TPSA) is 77.1 Å². The summed E-state index contributed by atoms with van der Waals surface area (Å²) in [5, 5.41) is 3.09. The van der Waals surface area contributed by atoms with Crippen LogP contribution in [0.1, 0.15) is 27.5 Å². The summed E-state index contributed by atoms with van der Waals surface area (Å²) in [6, 6.07) is 10.9. The van der Waals surface area contributed by atoms with Gasteiger partial charge in [-0.15, -0.1) is 0 Å². The summed E-state index contributed by atoms with van der Waals surface area (Å²) in [6.07, 6.45) is 3.84. The zero-order chi connectivity index (χ0) is 16.9. The lowest BCUT2D eigenvalue weighted by Gasteiger charge is -2.14. The van der Waals surface area contributed by atoms with Gasteiger partial charge < -0.3 is 14.3 Å². The van der Waals surface area contributed by atoms with Crippen molar-refractivity contribution in [2.24, 2.45) is 0 Å². The molecule has 0 atom stereocenters. The van der Waals surface area contributed by atoms with E-state index in [1.165, 1.54) is 0 Å². The Labute approximate surface area is 138 Å². The maximum Gasteiger partial charge on any atom is 0.263 e. The van der Waals surface area contributed by atoms with Crippen LogP contribution in [0.5, 0.6) is 0 Å². The Hall–Kier alpha value is -3.15. The van der Waals surface area contributed by atoms with E-state index in [2.05, 4.69) is 10.3 Å². The van der Waals surface area contributed by atoms with Crippen LogP contribution in [0.4, 0.5) is 5.69 Å². The second-order valence-electron chi connectivity index (χ2n) is 5.38. The minimum atomic E-state index is -0.336. The fourth-order valence-electron chi connectivity index (χ4n) is 2.49. The Bertz CT molecular complexity index is 884. The van der Waals surface area contributed by atoms with Crippen molar-refractivity contribution in [2.75, 3.05) is 5.32 Å². The molecule has 3 rings (SSSR count). The first-order valence-electron chi connectivity index (χ1n) is 7.55. The molecular formula is C18H17N3O3. The van der Waals surface area contributed by atoms with Crippen molar-refractivity contribution in [3.8, 4) is 0 Å². The summed E-state index contributed by atoms with van der Waals surface area (Å²) < 4.78 is 6.80. The van der Waals surface area contributed by atoms with Crippen molar-refractivity contribution in [1.29, 1.82) is 0 Å². The molecule has 3 heterocycles. The van der Waals surface area contributed by atoms with Crippen LogP contribution in [0.3, 0.4) is 0 Å². The van der Waals surface area contributed by atoms with E-state index in [-0.39, 0.29) is 11.1 Å². The average Bonchev–Trinajstić information content (AvgIpc) is 3.11. The summed E-state index contributed by atoms with van der Waals surface area (Å²) in [6.45, 7) is 2.55. The molecule has 0 bridgehead atoms. The van der Waals surface area contributed by atoms with Gasteiger partial charge in [-0.2, -0.15) is 0 Å². The van der Waals surface area contributed by atoms with Crippen LogP contribution >= 0.6 is 0 Å². The molecule has 0 saturated heterocycles. The summed E-state index contributed by atoms with van der Waals surface area (Å²) in [5.41, 5.74) is 1.77. The van der Waals surface area contributed by atoms with Gasteiger partial charge in [-0.25, -0.2) is 0 Å². The van der Waals surface area contributed by atoms with Crippen molar-refractivity contribution < 1.29 is 9.21 Å². The fraction of sp³-hybridized carbons (Fsp3) is 0.167. The molecule has 3 aromatic rings. The average molecular weight is 323 g/mol. The van der Waals surface area contributed by atoms with Gasteiger partial charge in [0.05, 0.1) is 30.7 Å². The Morgan fingerprint density at radius 2 is 2.17 bits per heavy atom. The monoisotopic (exact) mass is 323 g/mol. The molecule has 0 fully saturated rings. The van der Waals surface area contributed by atoms with Crippen LogP contribution in [0.15, 0.2) is 58.1 Å². The molecule has 0 saturated carbocycles. The Kier molecular flexibility index (Phi) is 4.56. The molecule has 0 aromatic carbocycles. The largest absolute Gasteiger partial charge is 0.467 e. The quantitative estimate of drug-likeness (QED) is 0.706. The summed E-state index contributed by atoms with van der Waals surface area (Å²) >= 11 is 0. The highest BCUT2D eigenvalue weighted by Crippen LogP contribution is 2.15. The number of carbonyl (C=O) groups is 1. The van der Waals surface area contributed by atoms with E-state index < -0.39 is 0 Å². The van der Waals surface area contributed by atoms with Crippen LogP contribution in [0.25, 0.3) is 0 Å². The number of rotatable bonds is 6. The molecule has 0 spiro atoms. The number of anilines is 1. The maximum absolute atomic E-state index is 12.6. The molecule has 6 nitrogen and oxygen atoms in total. The first-order valence-corrected chi connectivity index (χ1v) is 7.55. The van der Waals surface area contributed by atoms with Gasteiger partial charge in [-0.1, -0.05) is 6.07 Å². The molecule has 0 radical (unpaired) electrons. The second kappa shape index (κ2) is 6.95. The molecule has 3 aromatic heterocycles. The number of nitrogens with zero attached hydrogens (tertiary/aromatic N) is 2. The predicted molar refractivity (Wildman–Crippen MR) is 90.2 cm³/mol. The first-order chi connectivity index (χ1) is 11.7. The van der Waals surface area contributed by atoms with E-state index >= 15 is 0 Å². The van der Waals surface area contributed by atoms with Crippen LogP contribution in [0, 0.1) is 6.92 Å².